The van der Waals surface area contributed by atoms with Crippen molar-refractivity contribution in [3.8, 4) is 34.7 Å². The van der Waals surface area contributed by atoms with E-state index in [0.717, 1.165) is 6.07 Å². The summed E-state index contributed by atoms with van der Waals surface area (Å²) in [4.78, 5) is 19.3. The zero-order chi connectivity index (χ0) is 28.9. The number of benzene rings is 2. The maximum Gasteiger partial charge on any atom is 0.416 e. The van der Waals surface area contributed by atoms with Crippen molar-refractivity contribution < 1.29 is 18.0 Å². The number of rotatable bonds is 5. The van der Waals surface area contributed by atoms with Gasteiger partial charge in [-0.1, -0.05) is 6.07 Å². The fraction of sp³-hybridized carbons (Fsp3) is 0.241. The predicted octanol–water partition coefficient (Wildman–Crippen LogP) is 5.31. The Morgan fingerprint density at radius 2 is 1.85 bits per heavy atom. The van der Waals surface area contributed by atoms with Crippen LogP contribution < -0.4 is 10.2 Å². The lowest BCUT2D eigenvalue weighted by Crippen LogP contribution is -2.35. The van der Waals surface area contributed by atoms with E-state index in [1.165, 1.54) is 17.0 Å². The molecule has 1 aliphatic heterocycles. The number of nitriles is 2. The Morgan fingerprint density at radius 1 is 1.05 bits per heavy atom. The van der Waals surface area contributed by atoms with Crippen molar-refractivity contribution in [1.82, 2.24) is 19.7 Å². The standard InChI is InChI=1S/C29H21F3N8O/c1-39-15-35-38-27(39)20-6-5-16(12-33)9-22(20)18-10-25(36-19-7-17(8-19)13-34)37-26(11-18)40-14-23-21(28(40)41)3-2-4-24(23)29(30,31)32/h2-6,9-11,15,17,19H,7-8,14H2,1H3,(H,36,37)/t17-,19+. The largest absolute Gasteiger partial charge is 0.416 e. The van der Waals surface area contributed by atoms with E-state index in [9.17, 15) is 28.5 Å². The van der Waals surface area contributed by atoms with E-state index in [1.54, 1.807) is 48.3 Å². The highest BCUT2D eigenvalue weighted by Crippen LogP contribution is 2.41. The van der Waals surface area contributed by atoms with Crippen LogP contribution in [0.4, 0.5) is 24.8 Å². The second-order valence-corrected chi connectivity index (χ2v) is 10.1. The molecule has 4 aromatic rings. The van der Waals surface area contributed by atoms with Gasteiger partial charge in [0.15, 0.2) is 5.82 Å². The summed E-state index contributed by atoms with van der Waals surface area (Å²) >= 11 is 0. The Hall–Kier alpha value is -5.23. The Morgan fingerprint density at radius 3 is 2.54 bits per heavy atom. The minimum absolute atomic E-state index is 0.0244. The highest BCUT2D eigenvalue weighted by atomic mass is 19.4. The number of anilines is 2. The van der Waals surface area contributed by atoms with Gasteiger partial charge >= 0.3 is 6.18 Å². The zero-order valence-corrected chi connectivity index (χ0v) is 21.6. The number of pyridine rings is 1. The van der Waals surface area contributed by atoms with E-state index in [2.05, 4.69) is 32.6 Å². The number of hydrogen-bond acceptors (Lipinski definition) is 7. The lowest BCUT2D eigenvalue weighted by atomic mass is 9.81. The molecule has 0 radical (unpaired) electrons. The summed E-state index contributed by atoms with van der Waals surface area (Å²) < 4.78 is 43.0. The number of alkyl halides is 3. The van der Waals surface area contributed by atoms with Crippen molar-refractivity contribution in [2.24, 2.45) is 13.0 Å². The van der Waals surface area contributed by atoms with Crippen LogP contribution in [0.5, 0.6) is 0 Å². The molecule has 2 aromatic heterocycles. The van der Waals surface area contributed by atoms with Crippen LogP contribution in [0.2, 0.25) is 0 Å². The van der Waals surface area contributed by atoms with Gasteiger partial charge < -0.3 is 9.88 Å². The van der Waals surface area contributed by atoms with Gasteiger partial charge in [-0.25, -0.2) is 4.98 Å². The molecule has 204 valence electrons. The van der Waals surface area contributed by atoms with E-state index in [-0.39, 0.29) is 35.4 Å². The molecule has 41 heavy (non-hydrogen) atoms. The number of hydrogen-bond donors (Lipinski definition) is 1. The van der Waals surface area contributed by atoms with Crippen LogP contribution in [0.3, 0.4) is 0 Å². The fourth-order valence-corrected chi connectivity index (χ4v) is 5.29. The summed E-state index contributed by atoms with van der Waals surface area (Å²) in [7, 11) is 1.78. The fourth-order valence-electron chi connectivity index (χ4n) is 5.29. The first kappa shape index (κ1) is 26.0. The molecule has 1 saturated carbocycles. The molecule has 1 N–H and O–H groups in total. The van der Waals surface area contributed by atoms with Crippen LogP contribution in [-0.2, 0) is 19.8 Å². The molecule has 0 unspecified atom stereocenters. The smallest absolute Gasteiger partial charge is 0.367 e. The average molecular weight is 555 g/mol. The molecule has 2 aliphatic rings. The first-order chi connectivity index (χ1) is 19.7. The van der Waals surface area contributed by atoms with E-state index < -0.39 is 17.6 Å². The molecule has 0 saturated heterocycles. The van der Waals surface area contributed by atoms with E-state index >= 15 is 0 Å². The molecule has 0 bridgehead atoms. The van der Waals surface area contributed by atoms with Crippen molar-refractivity contribution >= 4 is 17.5 Å². The molecule has 1 fully saturated rings. The van der Waals surface area contributed by atoms with Gasteiger partial charge in [0.1, 0.15) is 18.0 Å². The maximum absolute atomic E-state index is 13.8. The van der Waals surface area contributed by atoms with Crippen molar-refractivity contribution in [3.63, 3.8) is 0 Å². The molecular weight excluding hydrogens is 533 g/mol. The van der Waals surface area contributed by atoms with Gasteiger partial charge in [-0.2, -0.15) is 23.7 Å². The lowest BCUT2D eigenvalue weighted by Gasteiger charge is -2.32. The normalized spacial score (nSPS) is 17.9. The Kier molecular flexibility index (Phi) is 6.19. The van der Waals surface area contributed by atoms with Crippen LogP contribution in [0.25, 0.3) is 22.5 Å². The minimum Gasteiger partial charge on any atom is -0.367 e. The number of nitrogens with zero attached hydrogens (tertiary/aromatic N) is 7. The maximum atomic E-state index is 13.8. The monoisotopic (exact) mass is 554 g/mol. The van der Waals surface area contributed by atoms with Crippen molar-refractivity contribution in [2.45, 2.75) is 31.6 Å². The molecule has 2 aromatic carbocycles. The minimum atomic E-state index is -4.62. The summed E-state index contributed by atoms with van der Waals surface area (Å²) in [6, 6.07) is 16.4. The third kappa shape index (κ3) is 4.63. The van der Waals surface area contributed by atoms with Gasteiger partial charge in [-0.3, -0.25) is 9.69 Å². The number of carbonyl (C=O) groups excluding carboxylic acids is 1. The highest BCUT2D eigenvalue weighted by molar-refractivity contribution is 6.10. The van der Waals surface area contributed by atoms with Crippen molar-refractivity contribution in [1.29, 1.82) is 10.5 Å². The van der Waals surface area contributed by atoms with E-state index in [4.69, 9.17) is 0 Å². The number of amides is 1. The zero-order valence-electron chi connectivity index (χ0n) is 21.6. The molecular formula is C29H21F3N8O. The number of aryl methyl sites for hydroxylation is 1. The van der Waals surface area contributed by atoms with Gasteiger partial charge in [-0.15, -0.1) is 10.2 Å². The van der Waals surface area contributed by atoms with Crippen molar-refractivity contribution in [3.05, 3.63) is 77.1 Å². The first-order valence-electron chi connectivity index (χ1n) is 12.7. The number of nitrogens with one attached hydrogen (secondary N) is 1. The Bertz CT molecular complexity index is 1780. The quantitative estimate of drug-likeness (QED) is 0.355. The molecule has 1 amide bonds. The topological polar surface area (TPSA) is 124 Å². The average Bonchev–Trinajstić information content (AvgIpc) is 3.52. The second kappa shape index (κ2) is 9.75. The first-order valence-corrected chi connectivity index (χ1v) is 12.7. The highest BCUT2D eigenvalue weighted by Gasteiger charge is 2.40. The molecule has 1 aliphatic carbocycles. The van der Waals surface area contributed by atoms with Crippen LogP contribution in [-0.4, -0.2) is 31.7 Å². The molecule has 12 heteroatoms. The number of fused-ring (bicyclic) bond motifs is 1. The summed E-state index contributed by atoms with van der Waals surface area (Å²) in [5.41, 5.74) is 1.24. The summed E-state index contributed by atoms with van der Waals surface area (Å²) in [5.74, 6) is 0.425. The number of aromatic nitrogens is 4. The number of halogens is 3. The summed E-state index contributed by atoms with van der Waals surface area (Å²) in [6.45, 7) is -0.298. The van der Waals surface area contributed by atoms with Gasteiger partial charge in [0, 0.05) is 24.2 Å². The third-order valence-corrected chi connectivity index (χ3v) is 7.45. The third-order valence-electron chi connectivity index (χ3n) is 7.45. The van der Waals surface area contributed by atoms with Crippen molar-refractivity contribution in [2.75, 3.05) is 10.2 Å². The molecule has 0 atom stereocenters. The van der Waals surface area contributed by atoms with E-state index in [0.29, 0.717) is 46.7 Å². The lowest BCUT2D eigenvalue weighted by molar-refractivity contribution is -0.138. The van der Waals surface area contributed by atoms with E-state index in [1.807, 2.05) is 0 Å². The Balaban J connectivity index is 1.48. The number of carbonyl (C=O) groups is 1. The molecule has 3 heterocycles. The SMILES string of the molecule is Cn1cnnc1-c1ccc(C#N)cc1-c1cc(N[C@H]2C[C@@H](C#N)C2)nc(N2Cc3c(cccc3C(F)(F)F)C2=O)c1. The predicted molar refractivity (Wildman–Crippen MR) is 142 cm³/mol. The van der Waals surface area contributed by atoms with Gasteiger partial charge in [0.05, 0.1) is 35.7 Å². The van der Waals surface area contributed by atoms with Crippen LogP contribution in [0.15, 0.2) is 54.9 Å². The molecule has 6 rings (SSSR count). The Labute approximate surface area is 232 Å². The van der Waals surface area contributed by atoms with Gasteiger partial charge in [0.25, 0.3) is 5.91 Å². The molecule has 0 spiro atoms. The van der Waals surface area contributed by atoms with Crippen LogP contribution in [0, 0.1) is 28.6 Å². The van der Waals surface area contributed by atoms with Crippen LogP contribution >= 0.6 is 0 Å². The van der Waals surface area contributed by atoms with Crippen LogP contribution in [0.1, 0.15) is 39.9 Å². The second-order valence-electron chi connectivity index (χ2n) is 10.1. The summed E-state index contributed by atoms with van der Waals surface area (Å²) in [5, 5.41) is 30.3. The van der Waals surface area contributed by atoms with Gasteiger partial charge in [-0.05, 0) is 72.0 Å². The summed E-state index contributed by atoms with van der Waals surface area (Å²) in [6.07, 6.45) is -1.83. The van der Waals surface area contributed by atoms with Gasteiger partial charge in [0.2, 0.25) is 0 Å². The molecule has 9 nitrogen and oxygen atoms in total.